The number of hydrogen-bond acceptors (Lipinski definition) is 5. The second kappa shape index (κ2) is 8.87. The number of ether oxygens (including phenoxy) is 2. The zero-order valence-corrected chi connectivity index (χ0v) is 16.4. The van der Waals surface area contributed by atoms with Gasteiger partial charge in [-0.25, -0.2) is 4.98 Å². The third-order valence-corrected chi connectivity index (χ3v) is 4.52. The van der Waals surface area contributed by atoms with Gasteiger partial charge in [-0.05, 0) is 54.9 Å². The molecule has 26 heavy (non-hydrogen) atoms. The largest absolute Gasteiger partial charge is 0.493 e. The molecule has 2 aromatic carbocycles. The summed E-state index contributed by atoms with van der Waals surface area (Å²) in [6, 6.07) is 13.9. The third-order valence-electron chi connectivity index (χ3n) is 3.99. The summed E-state index contributed by atoms with van der Waals surface area (Å²) in [4.78, 5) is 4.52. The molecule has 0 spiro atoms. The van der Waals surface area contributed by atoms with E-state index in [2.05, 4.69) is 26.2 Å². The van der Waals surface area contributed by atoms with Crippen LogP contribution in [-0.4, -0.2) is 25.7 Å². The number of aromatic nitrogens is 1. The van der Waals surface area contributed by atoms with Gasteiger partial charge in [-0.3, -0.25) is 0 Å². The van der Waals surface area contributed by atoms with E-state index in [1.807, 2.05) is 42.5 Å². The first kappa shape index (κ1) is 18.5. The maximum Gasteiger partial charge on any atom is 0.226 e. The second-order valence-electron chi connectivity index (χ2n) is 5.77. The molecule has 0 aliphatic rings. The first-order chi connectivity index (χ1) is 12.7. The van der Waals surface area contributed by atoms with E-state index < -0.39 is 0 Å². The summed E-state index contributed by atoms with van der Waals surface area (Å²) in [5.41, 5.74) is 3.03. The number of benzene rings is 2. The summed E-state index contributed by atoms with van der Waals surface area (Å²) < 4.78 is 17.2. The Morgan fingerprint density at radius 1 is 1.04 bits per heavy atom. The first-order valence-electron chi connectivity index (χ1n) is 8.31. The van der Waals surface area contributed by atoms with Crippen LogP contribution < -0.4 is 14.8 Å². The van der Waals surface area contributed by atoms with Crippen molar-refractivity contribution >= 4 is 15.9 Å². The zero-order valence-electron chi connectivity index (χ0n) is 14.8. The van der Waals surface area contributed by atoms with Crippen molar-refractivity contribution in [3.8, 4) is 23.0 Å². The summed E-state index contributed by atoms with van der Waals surface area (Å²) in [6.45, 7) is 1.49. The minimum absolute atomic E-state index is 0.634. The van der Waals surface area contributed by atoms with Crippen molar-refractivity contribution in [3.05, 3.63) is 64.5 Å². The molecule has 0 fully saturated rings. The van der Waals surface area contributed by atoms with Crippen LogP contribution in [0.4, 0.5) is 0 Å². The molecule has 6 heteroatoms. The highest BCUT2D eigenvalue weighted by molar-refractivity contribution is 9.10. The maximum absolute atomic E-state index is 5.56. The number of hydrogen-bond donors (Lipinski definition) is 1. The lowest BCUT2D eigenvalue weighted by Gasteiger charge is -2.09. The molecule has 0 aliphatic carbocycles. The minimum atomic E-state index is 0.634. The molecule has 0 aliphatic heterocycles. The standard InChI is InChI=1S/C20H21BrN2O3/c1-24-18-8-3-14(11-19(18)25-2)9-10-22-12-17-13-26-20(23-17)15-4-6-16(21)7-5-15/h3-8,11,13,22H,9-10,12H2,1-2H3. The summed E-state index contributed by atoms with van der Waals surface area (Å²) in [7, 11) is 3.28. The van der Waals surface area contributed by atoms with Crippen molar-refractivity contribution in [3.63, 3.8) is 0 Å². The van der Waals surface area contributed by atoms with Gasteiger partial charge in [0, 0.05) is 16.6 Å². The Bertz CT molecular complexity index is 847. The predicted molar refractivity (Wildman–Crippen MR) is 105 cm³/mol. The highest BCUT2D eigenvalue weighted by atomic mass is 79.9. The van der Waals surface area contributed by atoms with E-state index in [1.165, 1.54) is 5.56 Å². The van der Waals surface area contributed by atoms with Gasteiger partial charge >= 0.3 is 0 Å². The van der Waals surface area contributed by atoms with Crippen LogP contribution >= 0.6 is 15.9 Å². The molecule has 3 rings (SSSR count). The third kappa shape index (κ3) is 4.65. The Labute approximate surface area is 161 Å². The normalized spacial score (nSPS) is 10.7. The molecule has 0 saturated carbocycles. The molecule has 3 aromatic rings. The predicted octanol–water partition coefficient (Wildman–Crippen LogP) is 4.45. The first-order valence-corrected chi connectivity index (χ1v) is 9.11. The van der Waals surface area contributed by atoms with Crippen LogP contribution in [0.15, 0.2) is 57.6 Å². The van der Waals surface area contributed by atoms with Crippen LogP contribution in [0.2, 0.25) is 0 Å². The highest BCUT2D eigenvalue weighted by Gasteiger charge is 2.07. The van der Waals surface area contributed by atoms with E-state index >= 15 is 0 Å². The van der Waals surface area contributed by atoms with Crippen molar-refractivity contribution in [2.45, 2.75) is 13.0 Å². The number of halogens is 1. The molecular formula is C20H21BrN2O3. The summed E-state index contributed by atoms with van der Waals surface area (Å²) in [5, 5.41) is 3.39. The van der Waals surface area contributed by atoms with Gasteiger partial charge in [-0.15, -0.1) is 0 Å². The molecular weight excluding hydrogens is 396 g/mol. The van der Waals surface area contributed by atoms with Crippen LogP contribution in [0, 0.1) is 0 Å². The minimum Gasteiger partial charge on any atom is -0.493 e. The van der Waals surface area contributed by atoms with Gasteiger partial charge in [-0.1, -0.05) is 22.0 Å². The quantitative estimate of drug-likeness (QED) is 0.549. The van der Waals surface area contributed by atoms with Gasteiger partial charge in [0.05, 0.1) is 19.9 Å². The average Bonchev–Trinajstić information content (AvgIpc) is 3.14. The molecule has 1 heterocycles. The van der Waals surface area contributed by atoms with E-state index in [-0.39, 0.29) is 0 Å². The fourth-order valence-corrected chi connectivity index (χ4v) is 2.86. The van der Waals surface area contributed by atoms with Crippen molar-refractivity contribution in [1.82, 2.24) is 10.3 Å². The van der Waals surface area contributed by atoms with Gasteiger partial charge in [0.2, 0.25) is 5.89 Å². The topological polar surface area (TPSA) is 56.5 Å². The summed E-state index contributed by atoms with van der Waals surface area (Å²) in [5.74, 6) is 2.13. The molecule has 1 N–H and O–H groups in total. The average molecular weight is 417 g/mol. The van der Waals surface area contributed by atoms with E-state index in [1.54, 1.807) is 20.5 Å². The van der Waals surface area contributed by atoms with Crippen LogP contribution in [0.25, 0.3) is 11.5 Å². The fraction of sp³-hybridized carbons (Fsp3) is 0.250. The molecule has 0 unspecified atom stereocenters. The van der Waals surface area contributed by atoms with Gasteiger partial charge in [0.1, 0.15) is 6.26 Å². The van der Waals surface area contributed by atoms with Crippen molar-refractivity contribution in [2.75, 3.05) is 20.8 Å². The fourth-order valence-electron chi connectivity index (χ4n) is 2.60. The van der Waals surface area contributed by atoms with E-state index in [0.29, 0.717) is 12.4 Å². The SMILES string of the molecule is COc1ccc(CCNCc2coc(-c3ccc(Br)cc3)n2)cc1OC. The number of rotatable bonds is 8. The maximum atomic E-state index is 5.56. The van der Waals surface area contributed by atoms with E-state index in [0.717, 1.165) is 40.2 Å². The molecule has 136 valence electrons. The Hall–Kier alpha value is -2.31. The van der Waals surface area contributed by atoms with Crippen molar-refractivity contribution in [2.24, 2.45) is 0 Å². The lowest BCUT2D eigenvalue weighted by Crippen LogP contribution is -2.16. The Kier molecular flexibility index (Phi) is 6.30. The van der Waals surface area contributed by atoms with Gasteiger partial charge in [0.15, 0.2) is 11.5 Å². The highest BCUT2D eigenvalue weighted by Crippen LogP contribution is 2.27. The number of nitrogens with zero attached hydrogens (tertiary/aromatic N) is 1. The number of nitrogens with one attached hydrogen (secondary N) is 1. The van der Waals surface area contributed by atoms with Gasteiger partial charge in [-0.2, -0.15) is 0 Å². The van der Waals surface area contributed by atoms with Crippen LogP contribution in [0.3, 0.4) is 0 Å². The van der Waals surface area contributed by atoms with E-state index in [9.17, 15) is 0 Å². The van der Waals surface area contributed by atoms with Crippen LogP contribution in [0.5, 0.6) is 11.5 Å². The molecule has 5 nitrogen and oxygen atoms in total. The Balaban J connectivity index is 1.50. The number of methoxy groups -OCH3 is 2. The molecule has 1 aromatic heterocycles. The van der Waals surface area contributed by atoms with Gasteiger partial charge < -0.3 is 19.2 Å². The van der Waals surface area contributed by atoms with Gasteiger partial charge in [0.25, 0.3) is 0 Å². The zero-order chi connectivity index (χ0) is 18.4. The summed E-state index contributed by atoms with van der Waals surface area (Å²) >= 11 is 3.43. The van der Waals surface area contributed by atoms with E-state index in [4.69, 9.17) is 13.9 Å². The molecule has 0 atom stereocenters. The van der Waals surface area contributed by atoms with Crippen LogP contribution in [0.1, 0.15) is 11.3 Å². The lowest BCUT2D eigenvalue weighted by molar-refractivity contribution is 0.354. The summed E-state index contributed by atoms with van der Waals surface area (Å²) in [6.07, 6.45) is 2.58. The Morgan fingerprint density at radius 2 is 1.81 bits per heavy atom. The smallest absolute Gasteiger partial charge is 0.226 e. The van der Waals surface area contributed by atoms with Crippen molar-refractivity contribution < 1.29 is 13.9 Å². The monoisotopic (exact) mass is 416 g/mol. The molecule has 0 amide bonds. The lowest BCUT2D eigenvalue weighted by atomic mass is 10.1. The molecule has 0 bridgehead atoms. The van der Waals surface area contributed by atoms with Crippen molar-refractivity contribution in [1.29, 1.82) is 0 Å². The molecule has 0 radical (unpaired) electrons. The number of oxazole rings is 1. The second-order valence-corrected chi connectivity index (χ2v) is 6.68. The Morgan fingerprint density at radius 3 is 2.54 bits per heavy atom. The molecule has 0 saturated heterocycles. The van der Waals surface area contributed by atoms with Crippen LogP contribution in [-0.2, 0) is 13.0 Å².